The molecule has 1 aliphatic heterocycles. The van der Waals surface area contributed by atoms with Crippen LogP contribution in [0.1, 0.15) is 38.0 Å². The van der Waals surface area contributed by atoms with E-state index in [0.29, 0.717) is 10.6 Å². The number of hydrogen-bond acceptors (Lipinski definition) is 2. The minimum absolute atomic E-state index is 0.0621. The van der Waals surface area contributed by atoms with E-state index < -0.39 is 0 Å². The quantitative estimate of drug-likeness (QED) is 0.697. The molecule has 1 saturated heterocycles. The van der Waals surface area contributed by atoms with Crippen LogP contribution in [0, 0.1) is 0 Å². The molecule has 3 rings (SSSR count). The predicted octanol–water partition coefficient (Wildman–Crippen LogP) is 5.48. The molecule has 0 amide bonds. The van der Waals surface area contributed by atoms with Gasteiger partial charge in [-0.1, -0.05) is 11.6 Å². The van der Waals surface area contributed by atoms with Gasteiger partial charge in [0.1, 0.15) is 4.60 Å². The van der Waals surface area contributed by atoms with E-state index in [-0.39, 0.29) is 12.1 Å². The Hall–Kier alpha value is -0.910. The first-order chi connectivity index (χ1) is 10.1. The molecule has 1 aliphatic rings. The van der Waals surface area contributed by atoms with Crippen molar-refractivity contribution in [3.05, 3.63) is 33.1 Å². The number of fused-ring (bicyclic) bond motifs is 1. The van der Waals surface area contributed by atoms with Crippen LogP contribution in [-0.2, 0) is 4.74 Å². The second-order valence-electron chi connectivity index (χ2n) is 5.18. The van der Waals surface area contributed by atoms with Gasteiger partial charge in [-0.2, -0.15) is 5.10 Å². The molecule has 1 aromatic heterocycles. The molecule has 1 atom stereocenters. The topological polar surface area (TPSA) is 27.1 Å². The van der Waals surface area contributed by atoms with E-state index in [1.54, 1.807) is 0 Å². The molecule has 0 aliphatic carbocycles. The van der Waals surface area contributed by atoms with E-state index >= 15 is 0 Å². The van der Waals surface area contributed by atoms with Crippen LogP contribution in [-0.4, -0.2) is 16.4 Å². The third-order valence-corrected chi connectivity index (χ3v) is 4.48. The van der Waals surface area contributed by atoms with Gasteiger partial charge in [-0.05, 0) is 65.9 Å². The molecule has 0 spiro atoms. The number of benzene rings is 1. The van der Waals surface area contributed by atoms with Crippen LogP contribution in [0.15, 0.2) is 22.6 Å². The number of halogens is 3. The lowest BCUT2D eigenvalue weighted by molar-refractivity contribution is -0.0368. The number of rotatable bonds is 2. The van der Waals surface area contributed by atoms with Crippen molar-refractivity contribution in [2.75, 3.05) is 6.61 Å². The van der Waals surface area contributed by atoms with Gasteiger partial charge < -0.3 is 4.74 Å². The van der Waals surface area contributed by atoms with Crippen LogP contribution in [0.5, 0.6) is 0 Å². The molecule has 0 N–H and O–H groups in total. The van der Waals surface area contributed by atoms with Crippen LogP contribution in [0.2, 0.25) is 5.02 Å². The molecule has 2 aromatic rings. The first kappa shape index (κ1) is 15.0. The lowest BCUT2D eigenvalue weighted by atomic mass is 10.1. The maximum atomic E-state index is 13.1. The predicted molar refractivity (Wildman–Crippen MR) is 86.0 cm³/mol. The maximum absolute atomic E-state index is 13.1. The van der Waals surface area contributed by atoms with Gasteiger partial charge in [-0.25, -0.2) is 9.07 Å². The Morgan fingerprint density at radius 1 is 1.52 bits per heavy atom. The molecule has 2 heterocycles. The molecule has 0 bridgehead atoms. The SMILES string of the molecule is CC(F)=Cc1cc2c(Br)nn(C3CCCCO3)c2cc1Cl. The summed E-state index contributed by atoms with van der Waals surface area (Å²) >= 11 is 9.72. The Morgan fingerprint density at radius 2 is 2.33 bits per heavy atom. The van der Waals surface area contributed by atoms with E-state index in [0.717, 1.165) is 41.4 Å². The summed E-state index contributed by atoms with van der Waals surface area (Å²) in [4.78, 5) is 0. The second-order valence-corrected chi connectivity index (χ2v) is 6.34. The molecular weight excluding hydrogens is 359 g/mol. The highest BCUT2D eigenvalue weighted by Crippen LogP contribution is 2.34. The molecule has 6 heteroatoms. The third-order valence-electron chi connectivity index (χ3n) is 3.56. The fourth-order valence-corrected chi connectivity index (χ4v) is 3.30. The minimum atomic E-state index is -0.282. The van der Waals surface area contributed by atoms with Crippen molar-refractivity contribution >= 4 is 44.5 Å². The third kappa shape index (κ3) is 3.00. The van der Waals surface area contributed by atoms with E-state index in [1.807, 2.05) is 16.8 Å². The van der Waals surface area contributed by atoms with Gasteiger partial charge in [-0.15, -0.1) is 0 Å². The Bertz CT molecular complexity index is 703. The van der Waals surface area contributed by atoms with E-state index in [9.17, 15) is 4.39 Å². The van der Waals surface area contributed by atoms with Gasteiger partial charge in [0.15, 0.2) is 6.23 Å². The number of hydrogen-bond donors (Lipinski definition) is 0. The molecule has 3 nitrogen and oxygen atoms in total. The van der Waals surface area contributed by atoms with Crippen LogP contribution < -0.4 is 0 Å². The molecular formula is C15H15BrClFN2O. The second kappa shape index (κ2) is 6.07. The van der Waals surface area contributed by atoms with Crippen molar-refractivity contribution in [3.8, 4) is 0 Å². The zero-order chi connectivity index (χ0) is 15.0. The highest BCUT2D eigenvalue weighted by Gasteiger charge is 2.21. The first-order valence-electron chi connectivity index (χ1n) is 6.89. The highest BCUT2D eigenvalue weighted by atomic mass is 79.9. The monoisotopic (exact) mass is 372 g/mol. The smallest absolute Gasteiger partial charge is 0.150 e. The Labute approximate surface area is 135 Å². The number of nitrogens with zero attached hydrogens (tertiary/aromatic N) is 2. The number of ether oxygens (including phenoxy) is 1. The maximum Gasteiger partial charge on any atom is 0.150 e. The fraction of sp³-hybridized carbons (Fsp3) is 0.400. The van der Waals surface area contributed by atoms with Crippen molar-refractivity contribution in [1.29, 1.82) is 0 Å². The Kier molecular flexibility index (Phi) is 4.33. The molecule has 1 aromatic carbocycles. The van der Waals surface area contributed by atoms with Crippen LogP contribution in [0.4, 0.5) is 4.39 Å². The largest absolute Gasteiger partial charge is 0.356 e. The zero-order valence-corrected chi connectivity index (χ0v) is 13.9. The standard InChI is InChI=1S/C15H15BrClFN2O/c1-9(18)6-10-7-11-13(8-12(10)17)20(19-15(11)16)14-4-2-3-5-21-14/h6-8,14H,2-5H2,1H3. The summed E-state index contributed by atoms with van der Waals surface area (Å²) < 4.78 is 21.5. The van der Waals surface area contributed by atoms with Gasteiger partial charge in [0.25, 0.3) is 0 Å². The Morgan fingerprint density at radius 3 is 3.00 bits per heavy atom. The number of aromatic nitrogens is 2. The van der Waals surface area contributed by atoms with Crippen LogP contribution in [0.3, 0.4) is 0 Å². The highest BCUT2D eigenvalue weighted by molar-refractivity contribution is 9.10. The lowest BCUT2D eigenvalue weighted by Crippen LogP contribution is -2.19. The summed E-state index contributed by atoms with van der Waals surface area (Å²) in [6.07, 6.45) is 4.50. The minimum Gasteiger partial charge on any atom is -0.356 e. The van der Waals surface area contributed by atoms with Crippen molar-refractivity contribution in [3.63, 3.8) is 0 Å². The first-order valence-corrected chi connectivity index (χ1v) is 8.06. The molecule has 1 fully saturated rings. The van der Waals surface area contributed by atoms with Crippen LogP contribution >= 0.6 is 27.5 Å². The Balaban J connectivity index is 2.12. The van der Waals surface area contributed by atoms with Crippen molar-refractivity contribution in [2.24, 2.45) is 0 Å². The van der Waals surface area contributed by atoms with Crippen LogP contribution in [0.25, 0.3) is 17.0 Å². The lowest BCUT2D eigenvalue weighted by Gasteiger charge is -2.23. The van der Waals surface area contributed by atoms with Gasteiger partial charge >= 0.3 is 0 Å². The van der Waals surface area contributed by atoms with E-state index in [1.165, 1.54) is 13.0 Å². The number of allylic oxidation sites excluding steroid dienone is 1. The molecule has 21 heavy (non-hydrogen) atoms. The normalized spacial score (nSPS) is 20.2. The van der Waals surface area contributed by atoms with E-state index in [4.69, 9.17) is 16.3 Å². The van der Waals surface area contributed by atoms with Gasteiger partial charge in [0.2, 0.25) is 0 Å². The van der Waals surface area contributed by atoms with Crippen molar-refractivity contribution < 1.29 is 9.13 Å². The summed E-state index contributed by atoms with van der Waals surface area (Å²) in [5, 5.41) is 5.92. The molecule has 0 radical (unpaired) electrons. The average Bonchev–Trinajstić information content (AvgIpc) is 2.77. The molecule has 1 unspecified atom stereocenters. The van der Waals surface area contributed by atoms with Crippen molar-refractivity contribution in [1.82, 2.24) is 9.78 Å². The van der Waals surface area contributed by atoms with Gasteiger partial charge in [0.05, 0.1) is 16.4 Å². The zero-order valence-electron chi connectivity index (χ0n) is 11.6. The summed E-state index contributed by atoms with van der Waals surface area (Å²) in [6, 6.07) is 3.67. The summed E-state index contributed by atoms with van der Waals surface area (Å²) in [5.74, 6) is -0.282. The average molecular weight is 374 g/mol. The van der Waals surface area contributed by atoms with Crippen molar-refractivity contribution in [2.45, 2.75) is 32.4 Å². The molecule has 0 saturated carbocycles. The fourth-order valence-electron chi connectivity index (χ4n) is 2.60. The molecule has 112 valence electrons. The summed E-state index contributed by atoms with van der Waals surface area (Å²) in [5.41, 5.74) is 1.54. The van der Waals surface area contributed by atoms with E-state index in [2.05, 4.69) is 21.0 Å². The summed E-state index contributed by atoms with van der Waals surface area (Å²) in [6.45, 7) is 2.15. The summed E-state index contributed by atoms with van der Waals surface area (Å²) in [7, 11) is 0. The van der Waals surface area contributed by atoms with Gasteiger partial charge in [-0.3, -0.25) is 0 Å². The van der Waals surface area contributed by atoms with Gasteiger partial charge in [0, 0.05) is 12.0 Å².